The highest BCUT2D eigenvalue weighted by Crippen LogP contribution is 2.16. The smallest absolute Gasteiger partial charge is 0.191 e. The molecular formula is C22H26N4OS. The van der Waals surface area contributed by atoms with E-state index in [1.165, 1.54) is 10.4 Å². The zero-order valence-corrected chi connectivity index (χ0v) is 17.3. The van der Waals surface area contributed by atoms with Crippen molar-refractivity contribution in [2.75, 3.05) is 7.05 Å². The highest BCUT2D eigenvalue weighted by atomic mass is 32.1. The van der Waals surface area contributed by atoms with Crippen molar-refractivity contribution in [1.82, 2.24) is 15.6 Å². The van der Waals surface area contributed by atoms with Crippen molar-refractivity contribution < 1.29 is 4.74 Å². The minimum Gasteiger partial charge on any atom is -0.489 e. The highest BCUT2D eigenvalue weighted by Gasteiger charge is 2.06. The lowest BCUT2D eigenvalue weighted by Crippen LogP contribution is -2.36. The maximum atomic E-state index is 5.83. The van der Waals surface area contributed by atoms with E-state index in [1.54, 1.807) is 18.4 Å². The molecule has 0 atom stereocenters. The molecule has 0 amide bonds. The Kier molecular flexibility index (Phi) is 7.03. The molecule has 3 aromatic rings. The molecule has 0 aliphatic heterocycles. The lowest BCUT2D eigenvalue weighted by atomic mass is 10.1. The van der Waals surface area contributed by atoms with E-state index in [-0.39, 0.29) is 0 Å². The Bertz CT molecular complexity index is 921. The second-order valence-electron chi connectivity index (χ2n) is 6.44. The van der Waals surface area contributed by atoms with Crippen molar-refractivity contribution >= 4 is 17.3 Å². The highest BCUT2D eigenvalue weighted by molar-refractivity contribution is 7.11. The summed E-state index contributed by atoms with van der Waals surface area (Å²) in [5.74, 6) is 1.65. The molecule has 0 unspecified atom stereocenters. The molecule has 0 fully saturated rings. The van der Waals surface area contributed by atoms with Crippen LogP contribution < -0.4 is 15.4 Å². The molecule has 6 heteroatoms. The predicted molar refractivity (Wildman–Crippen MR) is 116 cm³/mol. The monoisotopic (exact) mass is 394 g/mol. The third-order valence-corrected chi connectivity index (χ3v) is 5.31. The van der Waals surface area contributed by atoms with Gasteiger partial charge in [0, 0.05) is 18.5 Å². The summed E-state index contributed by atoms with van der Waals surface area (Å²) in [5.41, 5.74) is 3.40. The summed E-state index contributed by atoms with van der Waals surface area (Å²) in [5, 5.41) is 7.81. The molecule has 0 bridgehead atoms. The summed E-state index contributed by atoms with van der Waals surface area (Å²) < 4.78 is 5.83. The Morgan fingerprint density at radius 3 is 2.46 bits per heavy atom. The molecule has 146 valence electrons. The lowest BCUT2D eigenvalue weighted by Gasteiger charge is -2.12. The minimum absolute atomic E-state index is 0.550. The molecule has 5 nitrogen and oxygen atoms in total. The Balaban J connectivity index is 1.50. The maximum Gasteiger partial charge on any atom is 0.191 e. The number of aromatic nitrogens is 1. The fourth-order valence-electron chi connectivity index (χ4n) is 2.82. The third kappa shape index (κ3) is 5.82. The molecule has 0 saturated carbocycles. The number of aryl methyl sites for hydroxylation is 2. The fourth-order valence-corrected chi connectivity index (χ4v) is 3.70. The average molecular weight is 395 g/mol. The molecule has 1 heterocycles. The molecule has 3 rings (SSSR count). The van der Waals surface area contributed by atoms with Crippen LogP contribution in [0.4, 0.5) is 0 Å². The first-order valence-electron chi connectivity index (χ1n) is 9.27. The molecule has 0 spiro atoms. The summed E-state index contributed by atoms with van der Waals surface area (Å²) in [6.07, 6.45) is 0. The maximum absolute atomic E-state index is 5.83. The van der Waals surface area contributed by atoms with E-state index in [0.29, 0.717) is 13.2 Å². The molecular weight excluding hydrogens is 368 g/mol. The van der Waals surface area contributed by atoms with Crippen LogP contribution >= 0.6 is 11.3 Å². The Labute approximate surface area is 170 Å². The largest absolute Gasteiger partial charge is 0.489 e. The summed E-state index contributed by atoms with van der Waals surface area (Å²) in [6.45, 7) is 6.04. The summed E-state index contributed by atoms with van der Waals surface area (Å²) in [7, 11) is 1.78. The molecule has 2 aromatic carbocycles. The number of benzene rings is 2. The van der Waals surface area contributed by atoms with Gasteiger partial charge in [-0.05, 0) is 37.1 Å². The summed E-state index contributed by atoms with van der Waals surface area (Å²) >= 11 is 1.72. The van der Waals surface area contributed by atoms with Gasteiger partial charge in [0.25, 0.3) is 0 Å². The van der Waals surface area contributed by atoms with E-state index in [1.807, 2.05) is 44.2 Å². The number of nitrogens with zero attached hydrogens (tertiary/aromatic N) is 2. The number of guanidine groups is 1. The Morgan fingerprint density at radius 2 is 1.75 bits per heavy atom. The second-order valence-corrected chi connectivity index (χ2v) is 7.73. The van der Waals surface area contributed by atoms with Crippen LogP contribution in [0.25, 0.3) is 0 Å². The van der Waals surface area contributed by atoms with Gasteiger partial charge in [-0.3, -0.25) is 4.99 Å². The van der Waals surface area contributed by atoms with E-state index >= 15 is 0 Å². The van der Waals surface area contributed by atoms with Gasteiger partial charge < -0.3 is 15.4 Å². The summed E-state index contributed by atoms with van der Waals surface area (Å²) in [6, 6.07) is 18.3. The Morgan fingerprint density at radius 1 is 1.00 bits per heavy atom. The van der Waals surface area contributed by atoms with Crippen LogP contribution in [0.2, 0.25) is 0 Å². The van der Waals surface area contributed by atoms with Crippen LogP contribution in [0.1, 0.15) is 26.7 Å². The van der Waals surface area contributed by atoms with Gasteiger partial charge in [-0.25, -0.2) is 4.98 Å². The molecule has 2 N–H and O–H groups in total. The van der Waals surface area contributed by atoms with Crippen LogP contribution in [0.3, 0.4) is 0 Å². The van der Waals surface area contributed by atoms with Crippen molar-refractivity contribution in [3.63, 3.8) is 0 Å². The van der Waals surface area contributed by atoms with Crippen LogP contribution in [0.15, 0.2) is 59.6 Å². The van der Waals surface area contributed by atoms with Gasteiger partial charge in [-0.2, -0.15) is 0 Å². The van der Waals surface area contributed by atoms with Gasteiger partial charge >= 0.3 is 0 Å². The van der Waals surface area contributed by atoms with E-state index in [2.05, 4.69) is 44.9 Å². The minimum atomic E-state index is 0.550. The van der Waals surface area contributed by atoms with Gasteiger partial charge in [0.15, 0.2) is 5.96 Å². The first-order valence-corrected chi connectivity index (χ1v) is 10.1. The van der Waals surface area contributed by atoms with Gasteiger partial charge in [0.1, 0.15) is 12.4 Å². The first-order chi connectivity index (χ1) is 13.6. The van der Waals surface area contributed by atoms with Crippen LogP contribution in [-0.2, 0) is 19.7 Å². The van der Waals surface area contributed by atoms with Gasteiger partial charge in [-0.15, -0.1) is 11.3 Å². The van der Waals surface area contributed by atoms with E-state index in [9.17, 15) is 0 Å². The van der Waals surface area contributed by atoms with E-state index in [0.717, 1.165) is 34.5 Å². The molecule has 28 heavy (non-hydrogen) atoms. The molecule has 1 aromatic heterocycles. The van der Waals surface area contributed by atoms with Crippen molar-refractivity contribution in [2.24, 2.45) is 4.99 Å². The van der Waals surface area contributed by atoms with E-state index in [4.69, 9.17) is 4.74 Å². The summed E-state index contributed by atoms with van der Waals surface area (Å²) in [4.78, 5) is 10.0. The van der Waals surface area contributed by atoms with Gasteiger partial charge in [0.2, 0.25) is 0 Å². The number of nitrogens with one attached hydrogen (secondary N) is 2. The van der Waals surface area contributed by atoms with Crippen molar-refractivity contribution in [3.8, 4) is 5.75 Å². The lowest BCUT2D eigenvalue weighted by molar-refractivity contribution is 0.306. The SMILES string of the molecule is CN=C(NCc1cccc(COc2ccccc2)c1)NCc1sc(C)nc1C. The number of hydrogen-bond donors (Lipinski definition) is 2. The number of thiazole rings is 1. The standard InChI is InChI=1S/C22H26N4OS/c1-16-21(28-17(2)26-16)14-25-22(23-3)24-13-18-8-7-9-19(12-18)15-27-20-10-5-4-6-11-20/h4-12H,13-15H2,1-3H3,(H2,23,24,25). The molecule has 0 saturated heterocycles. The second kappa shape index (κ2) is 9.90. The predicted octanol–water partition coefficient (Wildman–Crippen LogP) is 4.20. The average Bonchev–Trinajstić information content (AvgIpc) is 3.04. The Hall–Kier alpha value is -2.86. The number of aliphatic imine (C=N–C) groups is 1. The van der Waals surface area contributed by atoms with Gasteiger partial charge in [0.05, 0.1) is 17.2 Å². The molecule has 0 aliphatic carbocycles. The van der Waals surface area contributed by atoms with Crippen LogP contribution in [0, 0.1) is 13.8 Å². The zero-order valence-electron chi connectivity index (χ0n) is 16.5. The molecule has 0 aliphatic rings. The number of hydrogen-bond acceptors (Lipinski definition) is 4. The van der Waals surface area contributed by atoms with Crippen LogP contribution in [-0.4, -0.2) is 18.0 Å². The topological polar surface area (TPSA) is 58.5 Å². The van der Waals surface area contributed by atoms with Crippen LogP contribution in [0.5, 0.6) is 5.75 Å². The number of para-hydroxylation sites is 1. The van der Waals surface area contributed by atoms with Crippen molar-refractivity contribution in [1.29, 1.82) is 0 Å². The third-order valence-electron chi connectivity index (χ3n) is 4.24. The van der Waals surface area contributed by atoms with Crippen molar-refractivity contribution in [2.45, 2.75) is 33.5 Å². The van der Waals surface area contributed by atoms with E-state index < -0.39 is 0 Å². The number of ether oxygens (including phenoxy) is 1. The number of rotatable bonds is 7. The quantitative estimate of drug-likeness (QED) is 0.466. The van der Waals surface area contributed by atoms with Gasteiger partial charge in [-0.1, -0.05) is 42.5 Å². The first kappa shape index (κ1) is 19.9. The molecule has 0 radical (unpaired) electrons. The normalized spacial score (nSPS) is 11.3. The fraction of sp³-hybridized carbons (Fsp3) is 0.273. The van der Waals surface area contributed by atoms with Crippen molar-refractivity contribution in [3.05, 3.63) is 81.3 Å². The zero-order chi connectivity index (χ0) is 19.8.